The van der Waals surface area contributed by atoms with E-state index in [-0.39, 0.29) is 12.3 Å². The Bertz CT molecular complexity index is 719. The Hall–Kier alpha value is -1.53. The van der Waals surface area contributed by atoms with Gasteiger partial charge in [-0.3, -0.25) is 4.79 Å². The molecule has 0 spiro atoms. The van der Waals surface area contributed by atoms with Gasteiger partial charge in [0, 0.05) is 8.95 Å². The maximum atomic E-state index is 12.2. The van der Waals surface area contributed by atoms with E-state index in [0.29, 0.717) is 19.0 Å². The van der Waals surface area contributed by atoms with Gasteiger partial charge in [0.15, 0.2) is 11.5 Å². The van der Waals surface area contributed by atoms with E-state index in [4.69, 9.17) is 9.47 Å². The SMILES string of the molecule is O=C(Cc1ccc2c(c1)OCCO2)Nc1ccc(Br)cc1Br. The van der Waals surface area contributed by atoms with Gasteiger partial charge in [0.05, 0.1) is 12.1 Å². The highest BCUT2D eigenvalue weighted by Crippen LogP contribution is 2.31. The van der Waals surface area contributed by atoms with Crippen molar-refractivity contribution in [2.24, 2.45) is 0 Å². The van der Waals surface area contributed by atoms with Crippen molar-refractivity contribution in [3.63, 3.8) is 0 Å². The molecular formula is C16H13Br2NO3. The standard InChI is InChI=1S/C16H13Br2NO3/c17-11-2-3-13(12(18)9-11)19-16(20)8-10-1-4-14-15(7-10)22-6-5-21-14/h1-4,7,9H,5-6,8H2,(H,19,20). The number of halogens is 2. The van der Waals surface area contributed by atoms with Gasteiger partial charge in [-0.25, -0.2) is 0 Å². The van der Waals surface area contributed by atoms with Crippen LogP contribution in [-0.2, 0) is 11.2 Å². The lowest BCUT2D eigenvalue weighted by molar-refractivity contribution is -0.115. The van der Waals surface area contributed by atoms with Gasteiger partial charge in [0.2, 0.25) is 5.91 Å². The highest BCUT2D eigenvalue weighted by atomic mass is 79.9. The number of carbonyl (C=O) groups excluding carboxylic acids is 1. The van der Waals surface area contributed by atoms with Crippen LogP contribution >= 0.6 is 31.9 Å². The molecule has 22 heavy (non-hydrogen) atoms. The van der Waals surface area contributed by atoms with Gasteiger partial charge in [-0.1, -0.05) is 22.0 Å². The quantitative estimate of drug-likeness (QED) is 0.801. The predicted molar refractivity (Wildman–Crippen MR) is 91.6 cm³/mol. The third-order valence-electron chi connectivity index (χ3n) is 3.18. The van der Waals surface area contributed by atoms with Crippen molar-refractivity contribution < 1.29 is 14.3 Å². The van der Waals surface area contributed by atoms with Crippen LogP contribution in [0.5, 0.6) is 11.5 Å². The van der Waals surface area contributed by atoms with E-state index in [2.05, 4.69) is 37.2 Å². The second kappa shape index (κ2) is 6.71. The summed E-state index contributed by atoms with van der Waals surface area (Å²) in [6.07, 6.45) is 0.277. The van der Waals surface area contributed by atoms with Crippen LogP contribution in [0.3, 0.4) is 0 Å². The molecule has 1 N–H and O–H groups in total. The van der Waals surface area contributed by atoms with E-state index in [1.54, 1.807) is 0 Å². The van der Waals surface area contributed by atoms with E-state index >= 15 is 0 Å². The number of ether oxygens (including phenoxy) is 2. The van der Waals surface area contributed by atoms with Gasteiger partial charge < -0.3 is 14.8 Å². The van der Waals surface area contributed by atoms with Gasteiger partial charge in [0.25, 0.3) is 0 Å². The minimum Gasteiger partial charge on any atom is -0.486 e. The van der Waals surface area contributed by atoms with Gasteiger partial charge >= 0.3 is 0 Å². The average Bonchev–Trinajstić information content (AvgIpc) is 2.50. The molecule has 6 heteroatoms. The van der Waals surface area contributed by atoms with Crippen molar-refractivity contribution in [2.75, 3.05) is 18.5 Å². The van der Waals surface area contributed by atoms with Gasteiger partial charge in [-0.15, -0.1) is 0 Å². The summed E-state index contributed by atoms with van der Waals surface area (Å²) in [5, 5.41) is 2.89. The normalized spacial score (nSPS) is 12.8. The zero-order valence-corrected chi connectivity index (χ0v) is 14.7. The molecule has 1 aliphatic heterocycles. The van der Waals surface area contributed by atoms with E-state index in [1.165, 1.54) is 0 Å². The molecule has 1 aliphatic rings. The Morgan fingerprint density at radius 2 is 1.82 bits per heavy atom. The molecule has 0 fully saturated rings. The van der Waals surface area contributed by atoms with Crippen LogP contribution < -0.4 is 14.8 Å². The zero-order valence-electron chi connectivity index (χ0n) is 11.6. The predicted octanol–water partition coefficient (Wildman–Crippen LogP) is 4.16. The Morgan fingerprint density at radius 3 is 2.59 bits per heavy atom. The number of benzene rings is 2. The van der Waals surface area contributed by atoms with Crippen molar-refractivity contribution in [3.05, 3.63) is 50.9 Å². The molecule has 114 valence electrons. The summed E-state index contributed by atoms with van der Waals surface area (Å²) in [6, 6.07) is 11.2. The number of hydrogen-bond acceptors (Lipinski definition) is 3. The molecule has 0 atom stereocenters. The molecule has 0 aliphatic carbocycles. The summed E-state index contributed by atoms with van der Waals surface area (Å²) in [7, 11) is 0. The molecule has 0 unspecified atom stereocenters. The van der Waals surface area contributed by atoms with E-state index in [9.17, 15) is 4.79 Å². The lowest BCUT2D eigenvalue weighted by Gasteiger charge is -2.18. The first-order valence-corrected chi connectivity index (χ1v) is 8.34. The minimum atomic E-state index is -0.0836. The van der Waals surface area contributed by atoms with E-state index in [0.717, 1.165) is 25.9 Å². The summed E-state index contributed by atoms with van der Waals surface area (Å²) >= 11 is 6.81. The minimum absolute atomic E-state index is 0.0836. The maximum absolute atomic E-state index is 12.2. The van der Waals surface area contributed by atoms with E-state index in [1.807, 2.05) is 36.4 Å². The maximum Gasteiger partial charge on any atom is 0.228 e. The number of anilines is 1. The molecule has 0 radical (unpaired) electrons. The molecule has 2 aromatic carbocycles. The third-order valence-corrected chi connectivity index (χ3v) is 4.33. The molecule has 0 bridgehead atoms. The lowest BCUT2D eigenvalue weighted by Crippen LogP contribution is -2.17. The molecule has 1 heterocycles. The van der Waals surface area contributed by atoms with Gasteiger partial charge in [0.1, 0.15) is 13.2 Å². The smallest absolute Gasteiger partial charge is 0.228 e. The first-order chi connectivity index (χ1) is 10.6. The van der Waals surface area contributed by atoms with Crippen LogP contribution in [0, 0.1) is 0 Å². The largest absolute Gasteiger partial charge is 0.486 e. The molecule has 0 saturated heterocycles. The van der Waals surface area contributed by atoms with Crippen molar-refractivity contribution in [1.29, 1.82) is 0 Å². The first-order valence-electron chi connectivity index (χ1n) is 6.75. The zero-order chi connectivity index (χ0) is 15.5. The molecule has 4 nitrogen and oxygen atoms in total. The Labute approximate surface area is 145 Å². The van der Waals surface area contributed by atoms with Crippen LogP contribution in [0.15, 0.2) is 45.3 Å². The number of nitrogens with one attached hydrogen (secondary N) is 1. The molecule has 1 amide bonds. The molecule has 3 rings (SSSR count). The number of carbonyl (C=O) groups is 1. The third kappa shape index (κ3) is 3.62. The fourth-order valence-corrected chi connectivity index (χ4v) is 3.31. The van der Waals surface area contributed by atoms with Crippen molar-refractivity contribution in [1.82, 2.24) is 0 Å². The van der Waals surface area contributed by atoms with Gasteiger partial charge in [-0.2, -0.15) is 0 Å². The first kappa shape index (κ1) is 15.4. The Kier molecular flexibility index (Phi) is 4.69. The summed E-state index contributed by atoms with van der Waals surface area (Å²) in [4.78, 5) is 12.2. The molecule has 2 aromatic rings. The molecular weight excluding hydrogens is 414 g/mol. The van der Waals surface area contributed by atoms with Crippen LogP contribution in [0.2, 0.25) is 0 Å². The Morgan fingerprint density at radius 1 is 1.05 bits per heavy atom. The number of amides is 1. The number of rotatable bonds is 3. The molecule has 0 saturated carbocycles. The average molecular weight is 427 g/mol. The summed E-state index contributed by atoms with van der Waals surface area (Å²) in [5.74, 6) is 1.34. The Balaban J connectivity index is 1.69. The van der Waals surface area contributed by atoms with Crippen LogP contribution in [0.25, 0.3) is 0 Å². The number of hydrogen-bond donors (Lipinski definition) is 1. The summed E-state index contributed by atoms with van der Waals surface area (Å²) in [5.41, 5.74) is 1.63. The highest BCUT2D eigenvalue weighted by Gasteiger charge is 2.13. The summed E-state index contributed by atoms with van der Waals surface area (Å²) in [6.45, 7) is 1.10. The van der Waals surface area contributed by atoms with Gasteiger partial charge in [-0.05, 0) is 51.8 Å². The van der Waals surface area contributed by atoms with Crippen LogP contribution in [0.4, 0.5) is 5.69 Å². The lowest BCUT2D eigenvalue weighted by atomic mass is 10.1. The topological polar surface area (TPSA) is 47.6 Å². The fraction of sp³-hybridized carbons (Fsp3) is 0.188. The second-order valence-corrected chi connectivity index (χ2v) is 6.60. The van der Waals surface area contributed by atoms with Crippen molar-refractivity contribution in [3.8, 4) is 11.5 Å². The molecule has 0 aromatic heterocycles. The van der Waals surface area contributed by atoms with Crippen molar-refractivity contribution >= 4 is 43.5 Å². The van der Waals surface area contributed by atoms with Crippen molar-refractivity contribution in [2.45, 2.75) is 6.42 Å². The number of fused-ring (bicyclic) bond motifs is 1. The highest BCUT2D eigenvalue weighted by molar-refractivity contribution is 9.11. The van der Waals surface area contributed by atoms with Crippen LogP contribution in [-0.4, -0.2) is 19.1 Å². The monoisotopic (exact) mass is 425 g/mol. The van der Waals surface area contributed by atoms with E-state index < -0.39 is 0 Å². The van der Waals surface area contributed by atoms with Crippen LogP contribution in [0.1, 0.15) is 5.56 Å². The second-order valence-electron chi connectivity index (χ2n) is 4.83. The summed E-state index contributed by atoms with van der Waals surface area (Å²) < 4.78 is 12.8. The fourth-order valence-electron chi connectivity index (χ4n) is 2.17.